The van der Waals surface area contributed by atoms with Crippen LogP contribution in [0.4, 0.5) is 0 Å². The largest absolute Gasteiger partial charge is 0.0616 e. The zero-order valence-electron chi connectivity index (χ0n) is 10.1. The van der Waals surface area contributed by atoms with Crippen LogP contribution in [0.3, 0.4) is 0 Å². The molecule has 0 atom stereocenters. The molecule has 16 heavy (non-hydrogen) atoms. The van der Waals surface area contributed by atoms with Crippen molar-refractivity contribution in [1.29, 1.82) is 0 Å². The highest BCUT2D eigenvalue weighted by molar-refractivity contribution is 5.84. The summed E-state index contributed by atoms with van der Waals surface area (Å²) in [5.41, 5.74) is 3.49. The fourth-order valence-electron chi connectivity index (χ4n) is 2.98. The first kappa shape index (κ1) is 9.89. The van der Waals surface area contributed by atoms with Gasteiger partial charge < -0.3 is 0 Å². The lowest BCUT2D eigenvalue weighted by Crippen LogP contribution is -2.23. The maximum atomic E-state index is 2.41. The van der Waals surface area contributed by atoms with Crippen molar-refractivity contribution >= 4 is 10.8 Å². The molecule has 0 saturated carbocycles. The highest BCUT2D eigenvalue weighted by atomic mass is 14.3. The molecule has 1 aliphatic rings. The van der Waals surface area contributed by atoms with Gasteiger partial charge in [-0.1, -0.05) is 50.2 Å². The highest BCUT2D eigenvalue weighted by Gasteiger charge is 2.27. The van der Waals surface area contributed by atoms with E-state index in [2.05, 4.69) is 50.2 Å². The Morgan fingerprint density at radius 3 is 2.44 bits per heavy atom. The predicted molar refractivity (Wildman–Crippen MR) is 69.9 cm³/mol. The van der Waals surface area contributed by atoms with E-state index in [1.807, 2.05) is 0 Å². The highest BCUT2D eigenvalue weighted by Crippen LogP contribution is 2.38. The number of hydrogen-bond donors (Lipinski definition) is 0. The molecule has 2 aromatic rings. The lowest BCUT2D eigenvalue weighted by Gasteiger charge is -2.32. The summed E-state index contributed by atoms with van der Waals surface area (Å²) in [4.78, 5) is 0. The predicted octanol–water partition coefficient (Wildman–Crippen LogP) is 4.45. The Morgan fingerprint density at radius 1 is 1.00 bits per heavy atom. The molecule has 0 heterocycles. The number of rotatable bonds is 0. The molecule has 0 amide bonds. The summed E-state index contributed by atoms with van der Waals surface area (Å²) in [6.45, 7) is 4.75. The summed E-state index contributed by atoms with van der Waals surface area (Å²) in [6, 6.07) is 13.5. The van der Waals surface area contributed by atoms with Gasteiger partial charge in [0, 0.05) is 0 Å². The zero-order chi connectivity index (χ0) is 11.2. The van der Waals surface area contributed by atoms with Crippen molar-refractivity contribution in [2.45, 2.75) is 38.5 Å². The van der Waals surface area contributed by atoms with Crippen molar-refractivity contribution < 1.29 is 0 Å². The van der Waals surface area contributed by atoms with Gasteiger partial charge in [0.2, 0.25) is 0 Å². The molecule has 2 aromatic carbocycles. The van der Waals surface area contributed by atoms with E-state index in [0.29, 0.717) is 5.41 Å². The van der Waals surface area contributed by atoms with Crippen LogP contribution in [0.25, 0.3) is 10.8 Å². The van der Waals surface area contributed by atoms with Gasteiger partial charge in [0.25, 0.3) is 0 Å². The van der Waals surface area contributed by atoms with Gasteiger partial charge >= 0.3 is 0 Å². The standard InChI is InChI=1S/C16H18/c1-16(2)9-5-8-14-10-12-6-3-4-7-13(12)11-15(14)16/h3-4,6-7,10-11H,5,8-9H2,1-2H3. The minimum absolute atomic E-state index is 0.359. The van der Waals surface area contributed by atoms with Crippen LogP contribution in [-0.4, -0.2) is 0 Å². The molecule has 0 N–H and O–H groups in total. The molecular formula is C16H18. The van der Waals surface area contributed by atoms with Crippen LogP contribution in [0.5, 0.6) is 0 Å². The average molecular weight is 210 g/mol. The van der Waals surface area contributed by atoms with Crippen molar-refractivity contribution in [3.05, 3.63) is 47.5 Å². The van der Waals surface area contributed by atoms with Crippen LogP contribution in [0, 0.1) is 0 Å². The fraction of sp³-hybridized carbons (Fsp3) is 0.375. The molecule has 0 aliphatic heterocycles. The Hall–Kier alpha value is -1.30. The van der Waals surface area contributed by atoms with E-state index in [4.69, 9.17) is 0 Å². The van der Waals surface area contributed by atoms with E-state index in [-0.39, 0.29) is 0 Å². The summed E-state index contributed by atoms with van der Waals surface area (Å²) >= 11 is 0. The zero-order valence-corrected chi connectivity index (χ0v) is 10.1. The lowest BCUT2D eigenvalue weighted by molar-refractivity contribution is 0.432. The monoisotopic (exact) mass is 210 g/mol. The maximum Gasteiger partial charge on any atom is -0.0100 e. The smallest absolute Gasteiger partial charge is 0.0100 e. The van der Waals surface area contributed by atoms with Crippen LogP contribution in [-0.2, 0) is 11.8 Å². The summed E-state index contributed by atoms with van der Waals surface area (Å²) in [7, 11) is 0. The summed E-state index contributed by atoms with van der Waals surface area (Å²) < 4.78 is 0. The topological polar surface area (TPSA) is 0 Å². The molecule has 82 valence electrons. The molecule has 0 heteroatoms. The van der Waals surface area contributed by atoms with Crippen molar-refractivity contribution in [2.75, 3.05) is 0 Å². The second kappa shape index (κ2) is 3.35. The quantitative estimate of drug-likeness (QED) is 0.602. The van der Waals surface area contributed by atoms with E-state index in [1.54, 1.807) is 11.1 Å². The van der Waals surface area contributed by atoms with Gasteiger partial charge in [-0.2, -0.15) is 0 Å². The molecule has 0 saturated heterocycles. The number of benzene rings is 2. The van der Waals surface area contributed by atoms with E-state index in [1.165, 1.54) is 30.0 Å². The maximum absolute atomic E-state index is 2.41. The Bertz CT molecular complexity index is 535. The van der Waals surface area contributed by atoms with Crippen molar-refractivity contribution in [1.82, 2.24) is 0 Å². The van der Waals surface area contributed by atoms with Crippen molar-refractivity contribution in [3.63, 3.8) is 0 Å². The second-order valence-electron chi connectivity index (χ2n) is 5.59. The van der Waals surface area contributed by atoms with Gasteiger partial charge in [0.05, 0.1) is 0 Å². The van der Waals surface area contributed by atoms with Crippen LogP contribution in [0.2, 0.25) is 0 Å². The van der Waals surface area contributed by atoms with Gasteiger partial charge in [-0.25, -0.2) is 0 Å². The van der Waals surface area contributed by atoms with Crippen LogP contribution in [0.15, 0.2) is 36.4 Å². The third-order valence-electron chi connectivity index (χ3n) is 3.95. The normalized spacial score (nSPS) is 18.4. The van der Waals surface area contributed by atoms with E-state index in [0.717, 1.165) is 0 Å². The molecule has 1 aliphatic carbocycles. The van der Waals surface area contributed by atoms with Crippen LogP contribution >= 0.6 is 0 Å². The van der Waals surface area contributed by atoms with Crippen LogP contribution < -0.4 is 0 Å². The molecule has 0 aromatic heterocycles. The van der Waals surface area contributed by atoms with E-state index < -0.39 is 0 Å². The summed E-state index contributed by atoms with van der Waals surface area (Å²) in [5, 5.41) is 2.77. The SMILES string of the molecule is CC1(C)CCCc2cc3ccccc3cc21. The molecule has 0 bridgehead atoms. The van der Waals surface area contributed by atoms with Gasteiger partial charge in [-0.3, -0.25) is 0 Å². The Labute approximate surface area is 97.3 Å². The van der Waals surface area contributed by atoms with E-state index >= 15 is 0 Å². The van der Waals surface area contributed by atoms with Gasteiger partial charge in [0.15, 0.2) is 0 Å². The molecule has 0 radical (unpaired) electrons. The average Bonchev–Trinajstić information content (AvgIpc) is 2.27. The first-order valence-electron chi connectivity index (χ1n) is 6.19. The third-order valence-corrected chi connectivity index (χ3v) is 3.95. The molecule has 0 spiro atoms. The van der Waals surface area contributed by atoms with Crippen molar-refractivity contribution in [2.24, 2.45) is 0 Å². The van der Waals surface area contributed by atoms with Crippen molar-refractivity contribution in [3.8, 4) is 0 Å². The minimum Gasteiger partial charge on any atom is -0.0616 e. The molecule has 3 rings (SSSR count). The minimum atomic E-state index is 0.359. The Kier molecular flexibility index (Phi) is 2.07. The Balaban J connectivity index is 2.30. The van der Waals surface area contributed by atoms with Gasteiger partial charge in [0.1, 0.15) is 0 Å². The number of fused-ring (bicyclic) bond motifs is 2. The first-order chi connectivity index (χ1) is 7.67. The molecular weight excluding hydrogens is 192 g/mol. The third kappa shape index (κ3) is 1.44. The number of hydrogen-bond acceptors (Lipinski definition) is 0. The first-order valence-corrected chi connectivity index (χ1v) is 6.19. The number of aryl methyl sites for hydroxylation is 1. The van der Waals surface area contributed by atoms with Gasteiger partial charge in [-0.05, 0) is 46.6 Å². The van der Waals surface area contributed by atoms with Gasteiger partial charge in [-0.15, -0.1) is 0 Å². The van der Waals surface area contributed by atoms with E-state index in [9.17, 15) is 0 Å². The lowest BCUT2D eigenvalue weighted by atomic mass is 9.72. The fourth-order valence-corrected chi connectivity index (χ4v) is 2.98. The second-order valence-corrected chi connectivity index (χ2v) is 5.59. The molecule has 0 nitrogen and oxygen atoms in total. The molecule has 0 fully saturated rings. The Morgan fingerprint density at radius 2 is 1.69 bits per heavy atom. The van der Waals surface area contributed by atoms with Crippen LogP contribution in [0.1, 0.15) is 37.8 Å². The molecule has 0 unspecified atom stereocenters. The summed E-state index contributed by atoms with van der Waals surface area (Å²) in [6.07, 6.45) is 3.90. The summed E-state index contributed by atoms with van der Waals surface area (Å²) in [5.74, 6) is 0.